The van der Waals surface area contributed by atoms with Gasteiger partial charge in [-0.25, -0.2) is 0 Å². The van der Waals surface area contributed by atoms with Gasteiger partial charge in [0, 0.05) is 139 Å². The summed E-state index contributed by atoms with van der Waals surface area (Å²) in [7, 11) is -3.71. The molecule has 1 saturated carbocycles. The Kier molecular flexibility index (Phi) is 53.4. The highest BCUT2D eigenvalue weighted by Crippen LogP contribution is 2.42. The average Bonchev–Trinajstić information content (AvgIpc) is 1.67. The molecule has 3 heterocycles. The van der Waals surface area contributed by atoms with Gasteiger partial charge in [0.15, 0.2) is 18.9 Å². The van der Waals surface area contributed by atoms with E-state index < -0.39 is 130 Å². The van der Waals surface area contributed by atoms with E-state index in [0.29, 0.717) is 167 Å². The Labute approximate surface area is 682 Å². The summed E-state index contributed by atoms with van der Waals surface area (Å²) in [5.41, 5.74) is 0.0787. The molecule has 2 amide bonds. The van der Waals surface area contributed by atoms with Gasteiger partial charge in [0.05, 0.1) is 90.5 Å². The fourth-order valence-electron chi connectivity index (χ4n) is 15.1. The molecule has 4 rings (SSSR count). The monoisotopic (exact) mass is 1670 g/mol. The van der Waals surface area contributed by atoms with Crippen LogP contribution in [0.1, 0.15) is 252 Å². The molecule has 3 aliphatic heterocycles. The van der Waals surface area contributed by atoms with E-state index in [0.717, 1.165) is 63.6 Å². The number of amides is 2. The first-order chi connectivity index (χ1) is 55.0. The van der Waals surface area contributed by atoms with Crippen molar-refractivity contribution in [3.8, 4) is 0 Å². The van der Waals surface area contributed by atoms with Crippen LogP contribution in [0.25, 0.3) is 0 Å². The molecule has 19 atom stereocenters. The molecule has 3 saturated heterocycles. The number of carbonyl (C=O) groups excluding carboxylic acids is 7. The van der Waals surface area contributed by atoms with E-state index in [9.17, 15) is 94.1 Å². The van der Waals surface area contributed by atoms with E-state index in [1.165, 1.54) is 0 Å². The van der Waals surface area contributed by atoms with Crippen molar-refractivity contribution in [3.63, 3.8) is 0 Å². The zero-order valence-corrected chi connectivity index (χ0v) is 70.3. The van der Waals surface area contributed by atoms with Gasteiger partial charge in [-0.05, 0) is 115 Å². The van der Waals surface area contributed by atoms with E-state index in [4.69, 9.17) is 47.2 Å². The van der Waals surface area contributed by atoms with Crippen LogP contribution in [0.5, 0.6) is 0 Å². The predicted molar refractivity (Wildman–Crippen MR) is 425 cm³/mol. The quantitative estimate of drug-likeness (QED) is 0.0177. The number of nitrogens with one attached hydrogen (secondary N) is 2. The molecule has 17 unspecified atom stereocenters. The van der Waals surface area contributed by atoms with Gasteiger partial charge in [-0.2, -0.15) is 0 Å². The molecule has 0 spiro atoms. The van der Waals surface area contributed by atoms with Crippen molar-refractivity contribution < 1.29 is 141 Å². The number of rotatable bonds is 69. The van der Waals surface area contributed by atoms with E-state index in [1.807, 2.05) is 0 Å². The third kappa shape index (κ3) is 42.7. The molecule has 115 heavy (non-hydrogen) atoms. The van der Waals surface area contributed by atoms with Crippen molar-refractivity contribution in [2.45, 2.75) is 332 Å². The molecule has 0 bridgehead atoms. The van der Waals surface area contributed by atoms with Crippen LogP contribution in [0.15, 0.2) is 12.2 Å². The molecule has 0 aromatic rings. The fraction of sp³-hybridized carbons (Fsp3) is 0.892. The molecular weight excluding hydrogens is 1520 g/mol. The summed E-state index contributed by atoms with van der Waals surface area (Å²) in [6.07, 6.45) is 7.13. The lowest BCUT2D eigenvalue weighted by Gasteiger charge is -2.40. The fourth-order valence-corrected chi connectivity index (χ4v) is 15.5. The minimum absolute atomic E-state index is 0.00877. The minimum Gasteiger partial charge on any atom is -0.394 e. The van der Waals surface area contributed by atoms with Crippen molar-refractivity contribution in [1.82, 2.24) is 10.6 Å². The molecule has 4 fully saturated rings. The van der Waals surface area contributed by atoms with Crippen LogP contribution in [0.4, 0.5) is 0 Å². The number of Topliss-reactive ketones (excluding diaryl/α,β-unsaturated/α-hetero) is 5. The van der Waals surface area contributed by atoms with Gasteiger partial charge >= 0.3 is 7.60 Å². The van der Waals surface area contributed by atoms with Gasteiger partial charge in [0.1, 0.15) is 65.5 Å². The zero-order chi connectivity index (χ0) is 84.6. The first-order valence-electron chi connectivity index (χ1n) is 42.9. The molecule has 31 nitrogen and oxygen atoms in total. The lowest BCUT2D eigenvalue weighted by Crippen LogP contribution is -2.55. The standard InChI is InChI=1S/C83H147N2O29P/c1-57(27-14-10-8-6-7-9-11-19-34-68(94)67-48-66(93)47-61(67)53-111-115(5,103)104)49-83(54-105-44-36-64(91)30-17-12-15-28-62(89)32-20-23-41-108-80-58(2)74(97)77(100)69(50-86)112-80,55-106-45-37-65(92)31-18-13-16-29-63(90)33-21-24-42-109-81-59(3)75(98)78(101)70(51-87)113-81)56-107-46-38-73(96)85-40-26-39-84-72(95)35-22-25-43-110-82-60(4)76(99)79(102)71(52-88)114-82/h58-61,66-67,69-71,74-82,86-88,93,97-102H,1,6-56H2,2-5H3,(H,84,95)(H,85,96)(H,103,104)/t58?,59?,60?,61-,66+,67?,69?,70?,71?,74?,75?,76?,77?,78?,79?,80?,81?,82?,83?/m0/s1. The SMILES string of the molecule is C=C(CCCCCCCCCCC(=O)C1C[C@H](O)C[C@H]1COP(C)(=O)O)CC(COCCC(=O)CCCCCC(=O)CCCCOC1OC(CO)C(O)C(O)C1C)(COCCC(=O)CCCCCC(=O)CCCCOC1OC(CO)C(O)C(O)C1C)COCCC(=O)NCCCNC(=O)CCCCOC1OC(CO)C(O)C(O)C1C. The molecule has 4 aliphatic rings. The topological polar surface area (TPSA) is 475 Å². The first-order valence-corrected chi connectivity index (χ1v) is 44.9. The minimum atomic E-state index is -3.71. The Balaban J connectivity index is 1.28. The number of hydrogen-bond acceptors (Lipinski definition) is 28. The average molecular weight is 1670 g/mol. The maximum absolute atomic E-state index is 13.3. The third-order valence-corrected chi connectivity index (χ3v) is 23.0. The smallest absolute Gasteiger partial charge is 0.325 e. The summed E-state index contributed by atoms with van der Waals surface area (Å²) in [5.74, 6) is -2.33. The second-order valence-corrected chi connectivity index (χ2v) is 34.6. The third-order valence-electron chi connectivity index (χ3n) is 22.4. The summed E-state index contributed by atoms with van der Waals surface area (Å²) >= 11 is 0. The second kappa shape index (κ2) is 59.2. The number of allylic oxidation sites excluding steroid dienone is 1. The normalized spacial score (nSPS) is 27.4. The Morgan fingerprint density at radius 2 is 0.748 bits per heavy atom. The molecule has 32 heteroatoms. The van der Waals surface area contributed by atoms with Crippen LogP contribution >= 0.6 is 7.60 Å². The number of aliphatic hydroxyl groups excluding tert-OH is 10. The van der Waals surface area contributed by atoms with Crippen LogP contribution in [0.2, 0.25) is 0 Å². The van der Waals surface area contributed by atoms with Gasteiger partial charge in [-0.3, -0.25) is 38.1 Å². The number of ketones is 5. The summed E-state index contributed by atoms with van der Waals surface area (Å²) in [6.45, 7) is 11.3. The number of ether oxygens (including phenoxy) is 9. The Morgan fingerprint density at radius 3 is 1.14 bits per heavy atom. The van der Waals surface area contributed by atoms with E-state index >= 15 is 0 Å². The Hall–Kier alpha value is -3.58. The molecule has 0 radical (unpaired) electrons. The van der Waals surface area contributed by atoms with E-state index in [1.54, 1.807) is 20.8 Å². The van der Waals surface area contributed by atoms with Crippen molar-refractivity contribution >= 4 is 48.3 Å². The Bertz CT molecular complexity index is 2570. The van der Waals surface area contributed by atoms with Crippen molar-refractivity contribution in [2.24, 2.45) is 35.0 Å². The zero-order valence-electron chi connectivity index (χ0n) is 69.4. The summed E-state index contributed by atoms with van der Waals surface area (Å²) in [6, 6.07) is 0. The van der Waals surface area contributed by atoms with Crippen LogP contribution in [0, 0.1) is 35.0 Å². The molecular formula is C83H147N2O29P. The van der Waals surface area contributed by atoms with E-state index in [-0.39, 0.29) is 144 Å². The summed E-state index contributed by atoms with van der Waals surface area (Å²) < 4.78 is 70.1. The van der Waals surface area contributed by atoms with Crippen molar-refractivity contribution in [3.05, 3.63) is 12.2 Å². The second-order valence-electron chi connectivity index (χ2n) is 32.7. The van der Waals surface area contributed by atoms with Gasteiger partial charge in [-0.1, -0.05) is 84.3 Å². The van der Waals surface area contributed by atoms with Crippen molar-refractivity contribution in [1.29, 1.82) is 0 Å². The predicted octanol–water partition coefficient (Wildman–Crippen LogP) is 6.41. The summed E-state index contributed by atoms with van der Waals surface area (Å²) in [4.78, 5) is 101. The first kappa shape index (κ1) is 104. The lowest BCUT2D eigenvalue weighted by molar-refractivity contribution is -0.282. The Morgan fingerprint density at radius 1 is 0.417 bits per heavy atom. The van der Waals surface area contributed by atoms with Crippen molar-refractivity contribution in [2.75, 3.05) is 106 Å². The molecule has 13 N–H and O–H groups in total. The van der Waals surface area contributed by atoms with Gasteiger partial charge in [0.2, 0.25) is 11.8 Å². The molecule has 0 aromatic carbocycles. The molecule has 1 aliphatic carbocycles. The number of hydrogen-bond donors (Lipinski definition) is 13. The van der Waals surface area contributed by atoms with Gasteiger partial charge in [0.25, 0.3) is 0 Å². The van der Waals surface area contributed by atoms with Gasteiger partial charge in [-0.15, -0.1) is 0 Å². The maximum atomic E-state index is 13.3. The lowest BCUT2D eigenvalue weighted by atomic mass is 9.82. The van der Waals surface area contributed by atoms with Crippen LogP contribution in [-0.2, 0) is 85.3 Å². The number of carbonyl (C=O) groups is 7. The van der Waals surface area contributed by atoms with Crippen LogP contribution < -0.4 is 10.6 Å². The molecule has 0 aromatic heterocycles. The maximum Gasteiger partial charge on any atom is 0.325 e. The van der Waals surface area contributed by atoms with Crippen LogP contribution in [0.3, 0.4) is 0 Å². The largest absolute Gasteiger partial charge is 0.394 e. The molecule has 668 valence electrons. The van der Waals surface area contributed by atoms with E-state index in [2.05, 4.69) is 17.2 Å². The highest BCUT2D eigenvalue weighted by molar-refractivity contribution is 7.51. The highest BCUT2D eigenvalue weighted by atomic mass is 31.2. The van der Waals surface area contributed by atoms with Crippen LogP contribution in [-0.4, -0.2) is 282 Å². The number of aliphatic hydroxyl groups is 10. The van der Waals surface area contributed by atoms with Gasteiger partial charge < -0.3 is 114 Å². The highest BCUT2D eigenvalue weighted by Gasteiger charge is 2.46. The summed E-state index contributed by atoms with van der Waals surface area (Å²) in [5, 5.41) is 106. The number of unbranched alkanes of at least 4 members (excludes halogenated alkanes) is 14.